The number of aryl methyl sites for hydroxylation is 1. The van der Waals surface area contributed by atoms with Crippen LogP contribution in [0.2, 0.25) is 5.02 Å². The van der Waals surface area contributed by atoms with E-state index >= 15 is 0 Å². The Morgan fingerprint density at radius 1 is 1.19 bits per heavy atom. The highest BCUT2D eigenvalue weighted by Gasteiger charge is 2.36. The molecule has 1 aliphatic heterocycles. The Balaban J connectivity index is 1.54. The van der Waals surface area contributed by atoms with Gasteiger partial charge in [0, 0.05) is 24.3 Å². The number of carbonyl (C=O) groups is 3. The molecular formula is C22H20ClF3N2O4. The monoisotopic (exact) mass is 468 g/mol. The number of alkyl halides is 3. The lowest BCUT2D eigenvalue weighted by atomic mass is 10.1. The van der Waals surface area contributed by atoms with Crippen LogP contribution < -0.4 is 10.2 Å². The highest BCUT2D eigenvalue weighted by Crippen LogP contribution is 2.36. The zero-order chi connectivity index (χ0) is 23.5. The minimum atomic E-state index is -4.68. The summed E-state index contributed by atoms with van der Waals surface area (Å²) in [6.07, 6.45) is -3.87. The number of carbonyl (C=O) groups excluding carboxylic acids is 3. The van der Waals surface area contributed by atoms with Crippen molar-refractivity contribution in [1.82, 2.24) is 0 Å². The van der Waals surface area contributed by atoms with Crippen molar-refractivity contribution in [1.29, 1.82) is 0 Å². The average molecular weight is 469 g/mol. The van der Waals surface area contributed by atoms with Crippen molar-refractivity contribution in [3.63, 3.8) is 0 Å². The molecule has 0 saturated carbocycles. The van der Waals surface area contributed by atoms with Crippen molar-refractivity contribution in [3.05, 3.63) is 58.6 Å². The molecule has 1 heterocycles. The number of nitrogens with one attached hydrogen (secondary N) is 1. The molecule has 1 aliphatic rings. The van der Waals surface area contributed by atoms with Gasteiger partial charge >= 0.3 is 12.1 Å². The normalized spacial score (nSPS) is 16.2. The zero-order valence-corrected chi connectivity index (χ0v) is 17.8. The summed E-state index contributed by atoms with van der Waals surface area (Å²) in [4.78, 5) is 38.1. The van der Waals surface area contributed by atoms with Crippen LogP contribution in [0.1, 0.15) is 24.5 Å². The summed E-state index contributed by atoms with van der Waals surface area (Å²) >= 11 is 5.54. The van der Waals surface area contributed by atoms with Gasteiger partial charge in [-0.05, 0) is 42.3 Å². The summed E-state index contributed by atoms with van der Waals surface area (Å²) in [5.41, 5.74) is 0.555. The largest absolute Gasteiger partial charge is 0.455 e. The SMILES string of the molecule is CCc1ccc(N2C[C@H](C(=O)OCC(=O)Nc3ccc(Cl)c(C(F)(F)F)c3)CC2=O)cc1. The van der Waals surface area contributed by atoms with Crippen LogP contribution in [0.3, 0.4) is 0 Å². The van der Waals surface area contributed by atoms with Gasteiger partial charge in [-0.3, -0.25) is 14.4 Å². The topological polar surface area (TPSA) is 75.7 Å². The molecule has 170 valence electrons. The lowest BCUT2D eigenvalue weighted by molar-refractivity contribution is -0.151. The van der Waals surface area contributed by atoms with Crippen molar-refractivity contribution < 1.29 is 32.3 Å². The second-order valence-electron chi connectivity index (χ2n) is 7.27. The first-order chi connectivity index (χ1) is 15.1. The number of ether oxygens (including phenoxy) is 1. The molecule has 0 aliphatic carbocycles. The molecule has 2 aromatic rings. The Labute approximate surface area is 187 Å². The highest BCUT2D eigenvalue weighted by atomic mass is 35.5. The van der Waals surface area contributed by atoms with Gasteiger partial charge in [-0.25, -0.2) is 0 Å². The Morgan fingerprint density at radius 3 is 2.50 bits per heavy atom. The van der Waals surface area contributed by atoms with Gasteiger partial charge in [-0.2, -0.15) is 13.2 Å². The fourth-order valence-corrected chi connectivity index (χ4v) is 3.52. The third-order valence-corrected chi connectivity index (χ3v) is 5.35. The quantitative estimate of drug-likeness (QED) is 0.635. The fourth-order valence-electron chi connectivity index (χ4n) is 3.30. The Bertz CT molecular complexity index is 1020. The first-order valence-electron chi connectivity index (χ1n) is 9.81. The molecule has 32 heavy (non-hydrogen) atoms. The number of benzene rings is 2. The molecule has 1 atom stereocenters. The number of esters is 1. The van der Waals surface area contributed by atoms with Gasteiger partial charge in [0.15, 0.2) is 6.61 Å². The lowest BCUT2D eigenvalue weighted by Crippen LogP contribution is -2.28. The molecule has 1 fully saturated rings. The molecule has 0 bridgehead atoms. The van der Waals surface area contributed by atoms with Crippen molar-refractivity contribution in [2.24, 2.45) is 5.92 Å². The number of hydrogen-bond donors (Lipinski definition) is 1. The van der Waals surface area contributed by atoms with Crippen LogP contribution in [-0.2, 0) is 31.7 Å². The lowest BCUT2D eigenvalue weighted by Gasteiger charge is -2.17. The second kappa shape index (κ2) is 9.60. The number of anilines is 2. The predicted molar refractivity (Wildman–Crippen MR) is 112 cm³/mol. The molecule has 0 radical (unpaired) electrons. The number of rotatable bonds is 6. The highest BCUT2D eigenvalue weighted by molar-refractivity contribution is 6.31. The molecule has 6 nitrogen and oxygen atoms in total. The molecule has 0 unspecified atom stereocenters. The molecule has 1 saturated heterocycles. The molecule has 0 aromatic heterocycles. The summed E-state index contributed by atoms with van der Waals surface area (Å²) < 4.78 is 43.7. The van der Waals surface area contributed by atoms with E-state index in [1.54, 1.807) is 12.1 Å². The maximum atomic E-state index is 12.9. The molecule has 1 N–H and O–H groups in total. The molecular weight excluding hydrogens is 449 g/mol. The van der Waals surface area contributed by atoms with Crippen LogP contribution >= 0.6 is 11.6 Å². The number of nitrogens with zero attached hydrogens (tertiary/aromatic N) is 1. The van der Waals surface area contributed by atoms with Crippen molar-refractivity contribution in [2.45, 2.75) is 25.9 Å². The van der Waals surface area contributed by atoms with Gasteiger partial charge in [0.2, 0.25) is 5.91 Å². The van der Waals surface area contributed by atoms with E-state index in [4.69, 9.17) is 16.3 Å². The van der Waals surface area contributed by atoms with Crippen molar-refractivity contribution in [2.75, 3.05) is 23.4 Å². The molecule has 2 aromatic carbocycles. The third-order valence-electron chi connectivity index (χ3n) is 5.02. The number of amides is 2. The summed E-state index contributed by atoms with van der Waals surface area (Å²) in [5, 5.41) is 1.73. The van der Waals surface area contributed by atoms with E-state index in [1.165, 1.54) is 11.0 Å². The first kappa shape index (κ1) is 23.6. The van der Waals surface area contributed by atoms with Gasteiger partial charge in [0.1, 0.15) is 0 Å². The minimum absolute atomic E-state index is 0.0535. The standard InChI is InChI=1S/C22H20ClF3N2O4/c1-2-13-3-6-16(7-4-13)28-11-14(9-20(28)30)21(31)32-12-19(29)27-15-5-8-18(23)17(10-15)22(24,25)26/h3-8,10,14H,2,9,11-12H2,1H3,(H,27,29)/t14-/m1/s1. The van der Waals surface area contributed by atoms with E-state index in [0.717, 1.165) is 18.1 Å². The maximum absolute atomic E-state index is 12.9. The molecule has 10 heteroatoms. The van der Waals surface area contributed by atoms with Crippen molar-refractivity contribution >= 4 is 40.8 Å². The van der Waals surface area contributed by atoms with E-state index in [1.807, 2.05) is 19.1 Å². The second-order valence-corrected chi connectivity index (χ2v) is 7.68. The summed E-state index contributed by atoms with van der Waals surface area (Å²) in [6.45, 7) is 1.44. The van der Waals surface area contributed by atoms with E-state index in [9.17, 15) is 27.6 Å². The van der Waals surface area contributed by atoms with Crippen LogP contribution in [-0.4, -0.2) is 30.9 Å². The van der Waals surface area contributed by atoms with E-state index in [-0.39, 0.29) is 24.6 Å². The molecule has 3 rings (SSSR count). The van der Waals surface area contributed by atoms with Gasteiger partial charge in [-0.1, -0.05) is 30.7 Å². The summed E-state index contributed by atoms with van der Waals surface area (Å²) in [7, 11) is 0. The van der Waals surface area contributed by atoms with E-state index < -0.39 is 41.2 Å². The summed E-state index contributed by atoms with van der Waals surface area (Å²) in [5.74, 6) is -2.52. The number of halogens is 4. The Hall–Kier alpha value is -3.07. The third kappa shape index (κ3) is 5.59. The smallest absolute Gasteiger partial charge is 0.417 e. The average Bonchev–Trinajstić information content (AvgIpc) is 3.14. The first-order valence-corrected chi connectivity index (χ1v) is 10.2. The van der Waals surface area contributed by atoms with Gasteiger partial charge in [0.05, 0.1) is 16.5 Å². The summed E-state index contributed by atoms with van der Waals surface area (Å²) in [6, 6.07) is 10.3. The predicted octanol–water partition coefficient (Wildman–Crippen LogP) is 4.46. The molecule has 2 amide bonds. The van der Waals surface area contributed by atoms with Crippen LogP contribution in [0, 0.1) is 5.92 Å². The van der Waals surface area contributed by atoms with Gasteiger partial charge < -0.3 is 15.0 Å². The zero-order valence-electron chi connectivity index (χ0n) is 17.0. The molecule has 0 spiro atoms. The minimum Gasteiger partial charge on any atom is -0.455 e. The van der Waals surface area contributed by atoms with Crippen LogP contribution in [0.15, 0.2) is 42.5 Å². The van der Waals surface area contributed by atoms with Crippen molar-refractivity contribution in [3.8, 4) is 0 Å². The van der Waals surface area contributed by atoms with E-state index in [2.05, 4.69) is 5.32 Å². The fraction of sp³-hybridized carbons (Fsp3) is 0.318. The van der Waals surface area contributed by atoms with Gasteiger partial charge in [-0.15, -0.1) is 0 Å². The Morgan fingerprint density at radius 2 is 1.88 bits per heavy atom. The maximum Gasteiger partial charge on any atom is 0.417 e. The van der Waals surface area contributed by atoms with Crippen LogP contribution in [0.5, 0.6) is 0 Å². The van der Waals surface area contributed by atoms with Crippen LogP contribution in [0.4, 0.5) is 24.5 Å². The number of hydrogen-bond acceptors (Lipinski definition) is 4. The van der Waals surface area contributed by atoms with E-state index in [0.29, 0.717) is 11.8 Å². The Kier molecular flexibility index (Phi) is 7.08. The van der Waals surface area contributed by atoms with Gasteiger partial charge in [0.25, 0.3) is 5.91 Å². The van der Waals surface area contributed by atoms with Crippen LogP contribution in [0.25, 0.3) is 0 Å².